The fourth-order valence-corrected chi connectivity index (χ4v) is 0.882. The molecule has 60 valence electrons. The molecule has 0 atom stereocenters. The van der Waals surface area contributed by atoms with Crippen molar-refractivity contribution in [3.63, 3.8) is 0 Å². The van der Waals surface area contributed by atoms with Gasteiger partial charge in [-0.15, -0.1) is 0 Å². The Morgan fingerprint density at radius 1 is 1.10 bits per heavy atom. The Hall–Kier alpha value is -0.330. The van der Waals surface area contributed by atoms with Gasteiger partial charge in [-0.25, -0.2) is 0 Å². The van der Waals surface area contributed by atoms with Gasteiger partial charge in [0.05, 0.1) is 5.54 Å². The van der Waals surface area contributed by atoms with Crippen LogP contribution in [0.15, 0.2) is 4.99 Å². The summed E-state index contributed by atoms with van der Waals surface area (Å²) in [6.45, 7) is 10.7. The Balaban J connectivity index is 4.11. The smallest absolute Gasteiger partial charge is 0.0523 e. The molecule has 0 aliphatic rings. The van der Waals surface area contributed by atoms with Gasteiger partial charge in [0.1, 0.15) is 0 Å². The fourth-order valence-electron chi connectivity index (χ4n) is 0.882. The van der Waals surface area contributed by atoms with Gasteiger partial charge in [0.15, 0.2) is 0 Å². The fraction of sp³-hybridized carbons (Fsp3) is 0.889. The van der Waals surface area contributed by atoms with Crippen molar-refractivity contribution in [1.29, 1.82) is 0 Å². The second kappa shape index (κ2) is 3.75. The highest BCUT2D eigenvalue weighted by Gasteiger charge is 2.06. The molecule has 0 spiro atoms. The van der Waals surface area contributed by atoms with Gasteiger partial charge in [0, 0.05) is 5.71 Å². The molecule has 0 amide bonds. The van der Waals surface area contributed by atoms with Crippen molar-refractivity contribution >= 4 is 5.71 Å². The van der Waals surface area contributed by atoms with Crippen molar-refractivity contribution in [3.05, 3.63) is 0 Å². The van der Waals surface area contributed by atoms with Crippen molar-refractivity contribution in [3.8, 4) is 0 Å². The molecule has 0 aromatic heterocycles. The van der Waals surface area contributed by atoms with Crippen LogP contribution in [-0.2, 0) is 0 Å². The monoisotopic (exact) mass is 141 g/mol. The number of hydrogen-bond donors (Lipinski definition) is 0. The zero-order valence-electron chi connectivity index (χ0n) is 7.86. The maximum absolute atomic E-state index is 4.56. The van der Waals surface area contributed by atoms with Gasteiger partial charge in [0.2, 0.25) is 0 Å². The Kier molecular flexibility index (Phi) is 3.62. The third-order valence-electron chi connectivity index (χ3n) is 1.31. The molecule has 1 heteroatoms. The molecule has 0 saturated carbocycles. The first-order chi connectivity index (χ1) is 4.49. The molecule has 0 saturated heterocycles. The topological polar surface area (TPSA) is 12.4 Å². The minimum Gasteiger partial charge on any atom is -0.288 e. The second-order valence-corrected chi connectivity index (χ2v) is 3.56. The Labute approximate surface area is 64.6 Å². The molecule has 0 aromatic carbocycles. The predicted octanol–water partition coefficient (Wildman–Crippen LogP) is 3.05. The zero-order chi connectivity index (χ0) is 8.20. The first-order valence-electron chi connectivity index (χ1n) is 4.07. The highest BCUT2D eigenvalue weighted by atomic mass is 14.8. The van der Waals surface area contributed by atoms with Crippen LogP contribution in [0.4, 0.5) is 0 Å². The van der Waals surface area contributed by atoms with Gasteiger partial charge >= 0.3 is 0 Å². The molecule has 0 aromatic rings. The first-order valence-corrected chi connectivity index (χ1v) is 4.07. The molecule has 0 bridgehead atoms. The predicted molar refractivity (Wildman–Crippen MR) is 47.8 cm³/mol. The maximum atomic E-state index is 4.56. The van der Waals surface area contributed by atoms with E-state index in [1.54, 1.807) is 0 Å². The highest BCUT2D eigenvalue weighted by molar-refractivity contribution is 5.84. The standard InChI is InChI=1S/C9H19N/c1-6-8(7-2)10-9(3,4)5/h6-7H2,1-5H3. The van der Waals surface area contributed by atoms with E-state index in [0.717, 1.165) is 12.8 Å². The van der Waals surface area contributed by atoms with E-state index in [1.165, 1.54) is 5.71 Å². The summed E-state index contributed by atoms with van der Waals surface area (Å²) in [5.74, 6) is 0. The molecule has 0 rings (SSSR count). The maximum Gasteiger partial charge on any atom is 0.0523 e. The first kappa shape index (κ1) is 9.67. The minimum atomic E-state index is 0.112. The van der Waals surface area contributed by atoms with Crippen molar-refractivity contribution in [2.24, 2.45) is 4.99 Å². The second-order valence-electron chi connectivity index (χ2n) is 3.56. The highest BCUT2D eigenvalue weighted by Crippen LogP contribution is 2.08. The summed E-state index contributed by atoms with van der Waals surface area (Å²) in [6.07, 6.45) is 2.18. The van der Waals surface area contributed by atoms with E-state index in [-0.39, 0.29) is 5.54 Å². The van der Waals surface area contributed by atoms with Gasteiger partial charge in [-0.2, -0.15) is 0 Å². The molecular weight excluding hydrogens is 122 g/mol. The van der Waals surface area contributed by atoms with E-state index in [0.29, 0.717) is 0 Å². The third kappa shape index (κ3) is 4.54. The van der Waals surface area contributed by atoms with Crippen molar-refractivity contribution < 1.29 is 0 Å². The third-order valence-corrected chi connectivity index (χ3v) is 1.31. The summed E-state index contributed by atoms with van der Waals surface area (Å²) < 4.78 is 0. The molecule has 0 N–H and O–H groups in total. The van der Waals surface area contributed by atoms with Crippen LogP contribution in [0.25, 0.3) is 0 Å². The number of rotatable bonds is 2. The SMILES string of the molecule is CCC(CC)=NC(C)(C)C. The van der Waals surface area contributed by atoms with E-state index in [9.17, 15) is 0 Å². The molecule has 0 fully saturated rings. The molecule has 0 unspecified atom stereocenters. The average molecular weight is 141 g/mol. The van der Waals surface area contributed by atoms with Crippen LogP contribution in [0, 0.1) is 0 Å². The van der Waals surface area contributed by atoms with Gasteiger partial charge in [-0.05, 0) is 33.6 Å². The van der Waals surface area contributed by atoms with Crippen LogP contribution in [0.1, 0.15) is 47.5 Å². The summed E-state index contributed by atoms with van der Waals surface area (Å²) in [6, 6.07) is 0. The largest absolute Gasteiger partial charge is 0.288 e. The van der Waals surface area contributed by atoms with Gasteiger partial charge < -0.3 is 0 Å². The molecule has 10 heavy (non-hydrogen) atoms. The number of hydrogen-bond acceptors (Lipinski definition) is 1. The van der Waals surface area contributed by atoms with Crippen LogP contribution >= 0.6 is 0 Å². The lowest BCUT2D eigenvalue weighted by atomic mass is 10.1. The van der Waals surface area contributed by atoms with Gasteiger partial charge in [-0.1, -0.05) is 13.8 Å². The Morgan fingerprint density at radius 3 is 1.60 bits per heavy atom. The zero-order valence-corrected chi connectivity index (χ0v) is 7.86. The summed E-state index contributed by atoms with van der Waals surface area (Å²) in [5.41, 5.74) is 1.44. The van der Waals surface area contributed by atoms with Crippen molar-refractivity contribution in [2.45, 2.75) is 53.0 Å². The average Bonchev–Trinajstić information content (AvgIpc) is 1.81. The van der Waals surface area contributed by atoms with Crippen LogP contribution in [-0.4, -0.2) is 11.3 Å². The van der Waals surface area contributed by atoms with E-state index in [2.05, 4.69) is 39.6 Å². The lowest BCUT2D eigenvalue weighted by Crippen LogP contribution is -2.13. The van der Waals surface area contributed by atoms with E-state index in [1.807, 2.05) is 0 Å². The molecule has 0 aliphatic carbocycles. The van der Waals surface area contributed by atoms with Crippen molar-refractivity contribution in [1.82, 2.24) is 0 Å². The van der Waals surface area contributed by atoms with Crippen LogP contribution in [0.2, 0.25) is 0 Å². The van der Waals surface area contributed by atoms with Crippen LogP contribution in [0.5, 0.6) is 0 Å². The van der Waals surface area contributed by atoms with E-state index >= 15 is 0 Å². The summed E-state index contributed by atoms with van der Waals surface area (Å²) in [7, 11) is 0. The minimum absolute atomic E-state index is 0.112. The molecule has 0 aliphatic heterocycles. The Morgan fingerprint density at radius 2 is 1.50 bits per heavy atom. The lowest BCUT2D eigenvalue weighted by Gasteiger charge is -2.14. The molecule has 0 radical (unpaired) electrons. The van der Waals surface area contributed by atoms with Crippen LogP contribution < -0.4 is 0 Å². The normalized spacial score (nSPS) is 11.3. The van der Waals surface area contributed by atoms with Crippen LogP contribution in [0.3, 0.4) is 0 Å². The van der Waals surface area contributed by atoms with E-state index < -0.39 is 0 Å². The molecular formula is C9H19N. The summed E-state index contributed by atoms with van der Waals surface area (Å²) in [5, 5.41) is 0. The molecule has 1 nitrogen and oxygen atoms in total. The number of nitrogens with zero attached hydrogens (tertiary/aromatic N) is 1. The summed E-state index contributed by atoms with van der Waals surface area (Å²) >= 11 is 0. The number of aliphatic imine (C=N–C) groups is 1. The molecule has 0 heterocycles. The van der Waals surface area contributed by atoms with E-state index in [4.69, 9.17) is 0 Å². The van der Waals surface area contributed by atoms with Gasteiger partial charge in [-0.3, -0.25) is 4.99 Å². The van der Waals surface area contributed by atoms with Crippen molar-refractivity contribution in [2.75, 3.05) is 0 Å². The lowest BCUT2D eigenvalue weighted by molar-refractivity contribution is 0.580. The quantitative estimate of drug-likeness (QED) is 0.524. The Bertz CT molecular complexity index is 111. The van der Waals surface area contributed by atoms with Gasteiger partial charge in [0.25, 0.3) is 0 Å². The summed E-state index contributed by atoms with van der Waals surface area (Å²) in [4.78, 5) is 4.56.